The largest absolute Gasteiger partial charge is 0.348 e. The molecule has 0 bridgehead atoms. The van der Waals surface area contributed by atoms with E-state index in [1.165, 1.54) is 36.7 Å². The fourth-order valence-electron chi connectivity index (χ4n) is 3.19. The number of hydrogen-bond donors (Lipinski definition) is 2. The number of imidazole rings is 1. The SMILES string of the molecule is O=C(NCc1ccc(-n2ccnc2)c(F)c1)c1ccc(S(=O)(=O)NCCc2cccs2)cc1. The summed E-state index contributed by atoms with van der Waals surface area (Å²) in [6, 6.07) is 14.2. The molecule has 2 aromatic heterocycles. The molecule has 4 rings (SSSR count). The predicted octanol–water partition coefficient (Wildman–Crippen LogP) is 3.52. The third kappa shape index (κ3) is 5.72. The van der Waals surface area contributed by atoms with Gasteiger partial charge < -0.3 is 9.88 Å². The number of nitrogens with one attached hydrogen (secondary N) is 2. The number of benzene rings is 2. The smallest absolute Gasteiger partial charge is 0.251 e. The molecular formula is C23H21FN4O3S2. The number of thiophene rings is 1. The van der Waals surface area contributed by atoms with Gasteiger partial charge in [0.05, 0.1) is 16.9 Å². The second kappa shape index (κ2) is 10.1. The summed E-state index contributed by atoms with van der Waals surface area (Å²) in [5.41, 5.74) is 1.27. The molecular weight excluding hydrogens is 463 g/mol. The summed E-state index contributed by atoms with van der Waals surface area (Å²) >= 11 is 1.57. The minimum Gasteiger partial charge on any atom is -0.348 e. The van der Waals surface area contributed by atoms with Crippen LogP contribution in [0.1, 0.15) is 20.8 Å². The van der Waals surface area contributed by atoms with Gasteiger partial charge >= 0.3 is 0 Å². The first-order valence-corrected chi connectivity index (χ1v) is 12.5. The summed E-state index contributed by atoms with van der Waals surface area (Å²) in [5, 5.41) is 4.66. The van der Waals surface area contributed by atoms with Gasteiger partial charge in [0, 0.05) is 35.9 Å². The predicted molar refractivity (Wildman–Crippen MR) is 124 cm³/mol. The van der Waals surface area contributed by atoms with E-state index in [9.17, 15) is 17.6 Å². The number of aromatic nitrogens is 2. The van der Waals surface area contributed by atoms with Crippen LogP contribution in [0.4, 0.5) is 4.39 Å². The summed E-state index contributed by atoms with van der Waals surface area (Å²) in [4.78, 5) is 17.5. The number of hydrogen-bond acceptors (Lipinski definition) is 5. The van der Waals surface area contributed by atoms with Crippen molar-refractivity contribution >= 4 is 27.3 Å². The van der Waals surface area contributed by atoms with Crippen molar-refractivity contribution in [1.82, 2.24) is 19.6 Å². The van der Waals surface area contributed by atoms with Gasteiger partial charge in [-0.05, 0) is 59.8 Å². The van der Waals surface area contributed by atoms with E-state index in [0.29, 0.717) is 29.8 Å². The molecule has 10 heteroatoms. The third-order valence-electron chi connectivity index (χ3n) is 4.92. The molecule has 1 amide bonds. The van der Waals surface area contributed by atoms with E-state index in [4.69, 9.17) is 0 Å². The lowest BCUT2D eigenvalue weighted by Crippen LogP contribution is -2.26. The number of halogens is 1. The molecule has 2 aromatic carbocycles. The highest BCUT2D eigenvalue weighted by atomic mass is 32.2. The molecule has 0 fully saturated rings. The summed E-state index contributed by atoms with van der Waals surface area (Å²) in [5.74, 6) is -0.815. The average molecular weight is 485 g/mol. The highest BCUT2D eigenvalue weighted by Gasteiger charge is 2.15. The zero-order valence-electron chi connectivity index (χ0n) is 17.4. The van der Waals surface area contributed by atoms with Crippen molar-refractivity contribution in [2.75, 3.05) is 6.54 Å². The Balaban J connectivity index is 1.33. The van der Waals surface area contributed by atoms with E-state index < -0.39 is 15.8 Å². The molecule has 33 heavy (non-hydrogen) atoms. The van der Waals surface area contributed by atoms with Crippen LogP contribution in [0.3, 0.4) is 0 Å². The molecule has 0 spiro atoms. The molecule has 0 radical (unpaired) electrons. The fourth-order valence-corrected chi connectivity index (χ4v) is 4.93. The van der Waals surface area contributed by atoms with Gasteiger partial charge in [-0.25, -0.2) is 22.5 Å². The fraction of sp³-hybridized carbons (Fsp3) is 0.130. The first-order chi connectivity index (χ1) is 15.9. The van der Waals surface area contributed by atoms with Gasteiger partial charge in [0.15, 0.2) is 0 Å². The summed E-state index contributed by atoms with van der Waals surface area (Å²) in [7, 11) is -3.66. The summed E-state index contributed by atoms with van der Waals surface area (Å²) < 4.78 is 43.4. The second-order valence-corrected chi connectivity index (χ2v) is 9.99. The molecule has 4 aromatic rings. The van der Waals surface area contributed by atoms with Crippen molar-refractivity contribution in [2.24, 2.45) is 0 Å². The van der Waals surface area contributed by atoms with Crippen molar-refractivity contribution in [3.05, 3.63) is 101 Å². The molecule has 170 valence electrons. The van der Waals surface area contributed by atoms with Crippen molar-refractivity contribution in [3.63, 3.8) is 0 Å². The Morgan fingerprint density at radius 2 is 1.94 bits per heavy atom. The first kappa shape index (κ1) is 22.8. The van der Waals surface area contributed by atoms with Crippen molar-refractivity contribution in [3.8, 4) is 5.69 Å². The molecule has 0 saturated carbocycles. The summed E-state index contributed by atoms with van der Waals surface area (Å²) in [6.07, 6.45) is 5.32. The number of sulfonamides is 1. The van der Waals surface area contributed by atoms with Gasteiger partial charge in [0.25, 0.3) is 5.91 Å². The Morgan fingerprint density at radius 3 is 2.61 bits per heavy atom. The maximum Gasteiger partial charge on any atom is 0.251 e. The molecule has 2 N–H and O–H groups in total. The van der Waals surface area contributed by atoms with E-state index in [1.54, 1.807) is 40.4 Å². The van der Waals surface area contributed by atoms with Crippen LogP contribution in [0.15, 0.2) is 83.6 Å². The van der Waals surface area contributed by atoms with E-state index in [1.807, 2.05) is 17.5 Å². The minimum atomic E-state index is -3.66. The van der Waals surface area contributed by atoms with E-state index in [2.05, 4.69) is 15.0 Å². The lowest BCUT2D eigenvalue weighted by Gasteiger charge is -2.09. The molecule has 0 atom stereocenters. The molecule has 0 saturated heterocycles. The molecule has 0 aliphatic rings. The third-order valence-corrected chi connectivity index (χ3v) is 7.33. The van der Waals surface area contributed by atoms with E-state index >= 15 is 0 Å². The van der Waals surface area contributed by atoms with Crippen LogP contribution in [-0.4, -0.2) is 30.4 Å². The zero-order valence-corrected chi connectivity index (χ0v) is 19.1. The monoisotopic (exact) mass is 484 g/mol. The molecule has 0 aliphatic heterocycles. The maximum atomic E-state index is 14.4. The van der Waals surface area contributed by atoms with Gasteiger partial charge in [-0.3, -0.25) is 4.79 Å². The Labute approximate surface area is 195 Å². The number of rotatable bonds is 9. The second-order valence-electron chi connectivity index (χ2n) is 7.19. The van der Waals surface area contributed by atoms with Gasteiger partial charge in [0.2, 0.25) is 10.0 Å². The van der Waals surface area contributed by atoms with Crippen LogP contribution in [0, 0.1) is 5.82 Å². The van der Waals surface area contributed by atoms with Crippen LogP contribution in [0.2, 0.25) is 0 Å². The van der Waals surface area contributed by atoms with Crippen LogP contribution >= 0.6 is 11.3 Å². The lowest BCUT2D eigenvalue weighted by molar-refractivity contribution is 0.0950. The Morgan fingerprint density at radius 1 is 1.12 bits per heavy atom. The van der Waals surface area contributed by atoms with Crippen molar-refractivity contribution < 1.29 is 17.6 Å². The standard InChI is InChI=1S/C23H21FN4O3S2/c24-21-14-17(3-8-22(21)28-12-11-25-16-28)15-26-23(29)18-4-6-20(7-5-18)33(30,31)27-10-9-19-2-1-13-32-19/h1-8,11-14,16,27H,9-10,15H2,(H,26,29). The molecule has 7 nitrogen and oxygen atoms in total. The van der Waals surface area contributed by atoms with E-state index in [0.717, 1.165) is 4.88 Å². The molecule has 2 heterocycles. The van der Waals surface area contributed by atoms with Gasteiger partial charge in [-0.1, -0.05) is 12.1 Å². The normalized spacial score (nSPS) is 11.4. The number of carbonyl (C=O) groups is 1. The van der Waals surface area contributed by atoms with Crippen molar-refractivity contribution in [2.45, 2.75) is 17.9 Å². The summed E-state index contributed by atoms with van der Waals surface area (Å²) in [6.45, 7) is 0.422. The Hall–Kier alpha value is -3.34. The van der Waals surface area contributed by atoms with Crippen molar-refractivity contribution in [1.29, 1.82) is 0 Å². The van der Waals surface area contributed by atoms with Gasteiger partial charge in [0.1, 0.15) is 5.82 Å². The van der Waals surface area contributed by atoms with E-state index in [-0.39, 0.29) is 17.3 Å². The first-order valence-electron chi connectivity index (χ1n) is 10.1. The van der Waals surface area contributed by atoms with Crippen LogP contribution < -0.4 is 10.0 Å². The van der Waals surface area contributed by atoms with Crippen LogP contribution in [-0.2, 0) is 23.0 Å². The number of carbonyl (C=O) groups excluding carboxylic acids is 1. The van der Waals surface area contributed by atoms with Gasteiger partial charge in [-0.15, -0.1) is 11.3 Å². The zero-order chi connectivity index (χ0) is 23.3. The highest BCUT2D eigenvalue weighted by Crippen LogP contribution is 2.16. The maximum absolute atomic E-state index is 14.4. The quantitative estimate of drug-likeness (QED) is 0.380. The molecule has 0 unspecified atom stereocenters. The Bertz CT molecular complexity index is 1320. The van der Waals surface area contributed by atoms with Gasteiger partial charge in [-0.2, -0.15) is 0 Å². The highest BCUT2D eigenvalue weighted by molar-refractivity contribution is 7.89. The Kier molecular flexibility index (Phi) is 6.97. The number of nitrogens with zero attached hydrogens (tertiary/aromatic N) is 2. The van der Waals surface area contributed by atoms with Crippen LogP contribution in [0.5, 0.6) is 0 Å². The number of amides is 1. The topological polar surface area (TPSA) is 93.1 Å². The van der Waals surface area contributed by atoms with Crippen LogP contribution in [0.25, 0.3) is 5.69 Å². The average Bonchev–Trinajstić information content (AvgIpc) is 3.52. The lowest BCUT2D eigenvalue weighted by atomic mass is 10.1. The molecule has 0 aliphatic carbocycles. The minimum absolute atomic E-state index is 0.0855.